The zero-order chi connectivity index (χ0) is 16.9. The molecule has 0 saturated heterocycles. The Bertz CT molecular complexity index is 549. The van der Waals surface area contributed by atoms with Gasteiger partial charge in [0.2, 0.25) is 5.91 Å². The Morgan fingerprint density at radius 2 is 2.08 bits per heavy atom. The van der Waals surface area contributed by atoms with E-state index in [1.807, 2.05) is 25.1 Å². The quantitative estimate of drug-likeness (QED) is 0.821. The van der Waals surface area contributed by atoms with Crippen LogP contribution in [-0.4, -0.2) is 32.2 Å². The van der Waals surface area contributed by atoms with Crippen LogP contribution in [0.1, 0.15) is 38.2 Å². The molecule has 1 aliphatic carbocycles. The van der Waals surface area contributed by atoms with Gasteiger partial charge in [-0.25, -0.2) is 0 Å². The molecule has 24 heavy (non-hydrogen) atoms. The Morgan fingerprint density at radius 3 is 2.71 bits per heavy atom. The van der Waals surface area contributed by atoms with Gasteiger partial charge in [-0.2, -0.15) is 0 Å². The first-order valence-electron chi connectivity index (χ1n) is 8.25. The third kappa shape index (κ3) is 5.02. The van der Waals surface area contributed by atoms with Crippen LogP contribution in [-0.2, 0) is 11.2 Å². The van der Waals surface area contributed by atoms with Gasteiger partial charge >= 0.3 is 0 Å². The first-order chi connectivity index (χ1) is 11.0. The minimum atomic E-state index is -0.393. The number of hydrogen-bond acceptors (Lipinski definition) is 4. The van der Waals surface area contributed by atoms with E-state index in [1.165, 1.54) is 0 Å². The normalized spacial score (nSPS) is 23.1. The molecule has 0 bridgehead atoms. The molecule has 5 nitrogen and oxygen atoms in total. The lowest BCUT2D eigenvalue weighted by molar-refractivity contribution is -0.128. The predicted molar refractivity (Wildman–Crippen MR) is 98.1 cm³/mol. The largest absolute Gasteiger partial charge is 0.497 e. The Balaban J connectivity index is 0.00000288. The molecule has 1 amide bonds. The third-order valence-corrected chi connectivity index (χ3v) is 4.75. The van der Waals surface area contributed by atoms with Crippen molar-refractivity contribution >= 4 is 18.3 Å². The number of carbonyl (C=O) groups excluding carboxylic acids is 1. The molecule has 136 valence electrons. The second kappa shape index (κ2) is 9.14. The molecule has 1 aromatic rings. The molecule has 3 N–H and O–H groups in total. The zero-order valence-electron chi connectivity index (χ0n) is 14.8. The third-order valence-electron chi connectivity index (χ3n) is 4.75. The molecular weight excluding hydrogens is 328 g/mol. The maximum absolute atomic E-state index is 12.4. The minimum absolute atomic E-state index is 0. The number of nitrogens with two attached hydrogens (primary N) is 1. The van der Waals surface area contributed by atoms with Crippen molar-refractivity contribution in [3.05, 3.63) is 23.8 Å². The number of benzene rings is 1. The van der Waals surface area contributed by atoms with Crippen molar-refractivity contribution < 1.29 is 14.3 Å². The van der Waals surface area contributed by atoms with Gasteiger partial charge in [0, 0.05) is 12.1 Å². The van der Waals surface area contributed by atoms with Crippen LogP contribution < -0.4 is 20.5 Å². The Kier molecular flexibility index (Phi) is 7.84. The summed E-state index contributed by atoms with van der Waals surface area (Å²) in [6, 6.07) is 5.69. The van der Waals surface area contributed by atoms with Gasteiger partial charge < -0.3 is 20.5 Å². The fraction of sp³-hybridized carbons (Fsp3) is 0.611. The Labute approximate surface area is 150 Å². The second-order valence-electron chi connectivity index (χ2n) is 6.52. The van der Waals surface area contributed by atoms with Crippen molar-refractivity contribution in [3.63, 3.8) is 0 Å². The van der Waals surface area contributed by atoms with Crippen LogP contribution in [0, 0.1) is 5.92 Å². The maximum Gasteiger partial charge on any atom is 0.224 e. The number of rotatable bonds is 6. The van der Waals surface area contributed by atoms with E-state index in [9.17, 15) is 4.79 Å². The molecule has 0 aliphatic heterocycles. The summed E-state index contributed by atoms with van der Waals surface area (Å²) in [6.07, 6.45) is 4.67. The van der Waals surface area contributed by atoms with E-state index in [4.69, 9.17) is 15.2 Å². The highest BCUT2D eigenvalue weighted by Crippen LogP contribution is 2.31. The molecule has 1 saturated carbocycles. The van der Waals surface area contributed by atoms with E-state index >= 15 is 0 Å². The molecule has 6 heteroatoms. The lowest BCUT2D eigenvalue weighted by Crippen LogP contribution is -2.53. The van der Waals surface area contributed by atoms with Crippen LogP contribution in [0.25, 0.3) is 0 Å². The molecule has 1 fully saturated rings. The van der Waals surface area contributed by atoms with E-state index in [0.717, 1.165) is 42.7 Å². The minimum Gasteiger partial charge on any atom is -0.497 e. The van der Waals surface area contributed by atoms with Crippen LogP contribution in [0.5, 0.6) is 11.5 Å². The number of carbonyl (C=O) groups is 1. The molecular formula is C18H29ClN2O3. The van der Waals surface area contributed by atoms with Gasteiger partial charge in [-0.1, -0.05) is 12.8 Å². The molecule has 0 spiro atoms. The average molecular weight is 357 g/mol. The molecule has 2 unspecified atom stereocenters. The highest BCUT2D eigenvalue weighted by Gasteiger charge is 2.37. The van der Waals surface area contributed by atoms with E-state index in [1.54, 1.807) is 14.2 Å². The number of ether oxygens (including phenoxy) is 2. The summed E-state index contributed by atoms with van der Waals surface area (Å²) in [5, 5.41) is 3.03. The highest BCUT2D eigenvalue weighted by atomic mass is 35.5. The van der Waals surface area contributed by atoms with E-state index in [2.05, 4.69) is 5.32 Å². The lowest BCUT2D eigenvalue weighted by atomic mass is 9.74. The second-order valence-corrected chi connectivity index (χ2v) is 6.52. The summed E-state index contributed by atoms with van der Waals surface area (Å²) in [7, 11) is 3.28. The van der Waals surface area contributed by atoms with Crippen molar-refractivity contribution in [2.24, 2.45) is 11.7 Å². The monoisotopic (exact) mass is 356 g/mol. The topological polar surface area (TPSA) is 73.6 Å². The van der Waals surface area contributed by atoms with Crippen LogP contribution in [0.4, 0.5) is 0 Å². The first kappa shape index (κ1) is 20.6. The Morgan fingerprint density at radius 1 is 1.33 bits per heavy atom. The van der Waals surface area contributed by atoms with Gasteiger partial charge in [0.1, 0.15) is 11.5 Å². The average Bonchev–Trinajstić information content (AvgIpc) is 2.54. The van der Waals surface area contributed by atoms with Crippen molar-refractivity contribution in [2.75, 3.05) is 20.8 Å². The van der Waals surface area contributed by atoms with Crippen molar-refractivity contribution in [2.45, 2.75) is 44.6 Å². The molecule has 0 aromatic heterocycles. The van der Waals surface area contributed by atoms with Gasteiger partial charge in [0.05, 0.1) is 20.1 Å². The van der Waals surface area contributed by atoms with Gasteiger partial charge in [-0.05, 0) is 49.9 Å². The smallest absolute Gasteiger partial charge is 0.224 e. The lowest BCUT2D eigenvalue weighted by Gasteiger charge is -2.37. The number of methoxy groups -OCH3 is 2. The summed E-state index contributed by atoms with van der Waals surface area (Å²) in [5.41, 5.74) is 6.92. The molecule has 1 aromatic carbocycles. The van der Waals surface area contributed by atoms with Gasteiger partial charge in [-0.3, -0.25) is 4.79 Å². The maximum atomic E-state index is 12.4. The summed E-state index contributed by atoms with van der Waals surface area (Å²) in [4.78, 5) is 12.4. The van der Waals surface area contributed by atoms with Gasteiger partial charge in [0.15, 0.2) is 0 Å². The molecule has 1 aliphatic rings. The van der Waals surface area contributed by atoms with E-state index in [-0.39, 0.29) is 24.2 Å². The van der Waals surface area contributed by atoms with E-state index < -0.39 is 5.54 Å². The first-order valence-corrected chi connectivity index (χ1v) is 8.25. The van der Waals surface area contributed by atoms with E-state index in [0.29, 0.717) is 13.0 Å². The standard InChI is InChI=1S/C18H28N2O3.ClH/c1-18(19)10-5-4-6-15(18)17(21)20-11-9-13-12-14(22-2)7-8-16(13)23-3;/h7-8,12,15H,4-6,9-11,19H2,1-3H3,(H,20,21);1H. The van der Waals surface area contributed by atoms with Crippen molar-refractivity contribution in [1.82, 2.24) is 5.32 Å². The fourth-order valence-corrected chi connectivity index (χ4v) is 3.31. The number of hydrogen-bond donors (Lipinski definition) is 2. The summed E-state index contributed by atoms with van der Waals surface area (Å²) in [6.45, 7) is 2.55. The highest BCUT2D eigenvalue weighted by molar-refractivity contribution is 5.85. The SMILES string of the molecule is COc1ccc(OC)c(CCNC(=O)C2CCCCC2(C)N)c1.Cl. The van der Waals surface area contributed by atoms with Crippen LogP contribution in [0.15, 0.2) is 18.2 Å². The molecule has 2 rings (SSSR count). The number of halogens is 1. The summed E-state index contributed by atoms with van der Waals surface area (Å²) >= 11 is 0. The number of nitrogens with one attached hydrogen (secondary N) is 1. The summed E-state index contributed by atoms with van der Waals surface area (Å²) < 4.78 is 10.6. The summed E-state index contributed by atoms with van der Waals surface area (Å²) in [5.74, 6) is 1.57. The van der Waals surface area contributed by atoms with Crippen LogP contribution in [0.2, 0.25) is 0 Å². The zero-order valence-corrected chi connectivity index (χ0v) is 15.6. The van der Waals surface area contributed by atoms with Gasteiger partial charge in [-0.15, -0.1) is 12.4 Å². The molecule has 0 heterocycles. The van der Waals surface area contributed by atoms with Crippen molar-refractivity contribution in [1.29, 1.82) is 0 Å². The molecule has 0 radical (unpaired) electrons. The van der Waals surface area contributed by atoms with Crippen molar-refractivity contribution in [3.8, 4) is 11.5 Å². The van der Waals surface area contributed by atoms with Crippen LogP contribution in [0.3, 0.4) is 0 Å². The van der Waals surface area contributed by atoms with Crippen LogP contribution >= 0.6 is 12.4 Å². The fourth-order valence-electron chi connectivity index (χ4n) is 3.31. The van der Waals surface area contributed by atoms with Gasteiger partial charge in [0.25, 0.3) is 0 Å². The molecule has 2 atom stereocenters. The Hall–Kier alpha value is -1.46. The predicted octanol–water partition coefficient (Wildman–Crippen LogP) is 2.69. The number of amides is 1.